The molecule has 19 heavy (non-hydrogen) atoms. The SMILES string of the molecule is CCCC1CCN(c2ccc(CNCC)cc2C)C1. The van der Waals surface area contributed by atoms with E-state index < -0.39 is 0 Å². The van der Waals surface area contributed by atoms with Crippen molar-refractivity contribution in [3.63, 3.8) is 0 Å². The lowest BCUT2D eigenvalue weighted by molar-refractivity contribution is 0.530. The van der Waals surface area contributed by atoms with E-state index in [-0.39, 0.29) is 0 Å². The predicted molar refractivity (Wildman–Crippen MR) is 83.8 cm³/mol. The third kappa shape index (κ3) is 3.73. The number of nitrogens with zero attached hydrogens (tertiary/aromatic N) is 1. The molecular weight excluding hydrogens is 232 g/mol. The van der Waals surface area contributed by atoms with Gasteiger partial charge in [-0.3, -0.25) is 0 Å². The van der Waals surface area contributed by atoms with Crippen molar-refractivity contribution in [1.29, 1.82) is 0 Å². The van der Waals surface area contributed by atoms with Crippen molar-refractivity contribution in [3.8, 4) is 0 Å². The maximum Gasteiger partial charge on any atom is 0.0396 e. The van der Waals surface area contributed by atoms with E-state index >= 15 is 0 Å². The lowest BCUT2D eigenvalue weighted by Gasteiger charge is -2.21. The van der Waals surface area contributed by atoms with Crippen molar-refractivity contribution in [2.24, 2.45) is 5.92 Å². The number of hydrogen-bond acceptors (Lipinski definition) is 2. The number of rotatable bonds is 6. The van der Waals surface area contributed by atoms with Crippen LogP contribution in [0.2, 0.25) is 0 Å². The van der Waals surface area contributed by atoms with Crippen LogP contribution >= 0.6 is 0 Å². The molecule has 1 aromatic rings. The molecule has 1 aliphatic heterocycles. The summed E-state index contributed by atoms with van der Waals surface area (Å²) in [4.78, 5) is 2.58. The molecule has 2 nitrogen and oxygen atoms in total. The van der Waals surface area contributed by atoms with Gasteiger partial charge in [-0.1, -0.05) is 32.4 Å². The summed E-state index contributed by atoms with van der Waals surface area (Å²) in [5, 5.41) is 3.39. The minimum Gasteiger partial charge on any atom is -0.371 e. The highest BCUT2D eigenvalue weighted by molar-refractivity contribution is 5.55. The normalized spacial score (nSPS) is 19.1. The fourth-order valence-corrected chi connectivity index (χ4v) is 3.15. The number of benzene rings is 1. The van der Waals surface area contributed by atoms with E-state index in [1.807, 2.05) is 0 Å². The number of anilines is 1. The average molecular weight is 260 g/mol. The van der Waals surface area contributed by atoms with Gasteiger partial charge < -0.3 is 10.2 Å². The van der Waals surface area contributed by atoms with Gasteiger partial charge in [0.2, 0.25) is 0 Å². The van der Waals surface area contributed by atoms with Gasteiger partial charge in [-0.2, -0.15) is 0 Å². The number of hydrogen-bond donors (Lipinski definition) is 1. The van der Waals surface area contributed by atoms with E-state index in [1.165, 1.54) is 49.2 Å². The zero-order valence-corrected chi connectivity index (χ0v) is 12.7. The number of nitrogens with one attached hydrogen (secondary N) is 1. The summed E-state index contributed by atoms with van der Waals surface area (Å²) in [6, 6.07) is 6.93. The highest BCUT2D eigenvalue weighted by atomic mass is 15.2. The van der Waals surface area contributed by atoms with E-state index in [2.05, 4.69) is 49.2 Å². The highest BCUT2D eigenvalue weighted by Crippen LogP contribution is 2.29. The minimum atomic E-state index is 0.908. The van der Waals surface area contributed by atoms with Crippen LogP contribution in [-0.4, -0.2) is 19.6 Å². The Morgan fingerprint density at radius 1 is 1.32 bits per heavy atom. The summed E-state index contributed by atoms with van der Waals surface area (Å²) in [6.45, 7) is 11.2. The first-order valence-corrected chi connectivity index (χ1v) is 7.79. The molecule has 2 heteroatoms. The van der Waals surface area contributed by atoms with Crippen LogP contribution in [-0.2, 0) is 6.54 Å². The van der Waals surface area contributed by atoms with Gasteiger partial charge in [0.05, 0.1) is 0 Å². The maximum absolute atomic E-state index is 3.39. The second-order valence-corrected chi connectivity index (χ2v) is 5.79. The van der Waals surface area contributed by atoms with E-state index in [4.69, 9.17) is 0 Å². The fraction of sp³-hybridized carbons (Fsp3) is 0.647. The summed E-state index contributed by atoms with van der Waals surface area (Å²) in [5.74, 6) is 0.908. The van der Waals surface area contributed by atoms with Gasteiger partial charge in [-0.05, 0) is 49.4 Å². The van der Waals surface area contributed by atoms with Gasteiger partial charge in [0.1, 0.15) is 0 Å². The molecule has 1 N–H and O–H groups in total. The monoisotopic (exact) mass is 260 g/mol. The molecule has 0 spiro atoms. The molecule has 1 saturated heterocycles. The Morgan fingerprint density at radius 2 is 2.16 bits per heavy atom. The van der Waals surface area contributed by atoms with Crippen LogP contribution in [0.4, 0.5) is 5.69 Å². The molecule has 1 atom stereocenters. The third-order valence-electron chi connectivity index (χ3n) is 4.16. The van der Waals surface area contributed by atoms with E-state index in [9.17, 15) is 0 Å². The van der Waals surface area contributed by atoms with Gasteiger partial charge in [0, 0.05) is 25.3 Å². The number of aryl methyl sites for hydroxylation is 1. The third-order valence-corrected chi connectivity index (χ3v) is 4.16. The van der Waals surface area contributed by atoms with Gasteiger partial charge in [0.15, 0.2) is 0 Å². The van der Waals surface area contributed by atoms with E-state index in [0.717, 1.165) is 19.0 Å². The van der Waals surface area contributed by atoms with Crippen LogP contribution in [0.25, 0.3) is 0 Å². The predicted octanol–water partition coefficient (Wildman–Crippen LogP) is 3.73. The molecule has 106 valence electrons. The largest absolute Gasteiger partial charge is 0.371 e. The smallest absolute Gasteiger partial charge is 0.0396 e. The Kier molecular flexibility index (Phi) is 5.26. The van der Waals surface area contributed by atoms with Crippen LogP contribution in [0, 0.1) is 12.8 Å². The molecule has 1 aliphatic rings. The van der Waals surface area contributed by atoms with Crippen molar-refractivity contribution >= 4 is 5.69 Å². The van der Waals surface area contributed by atoms with Gasteiger partial charge in [-0.15, -0.1) is 0 Å². The zero-order chi connectivity index (χ0) is 13.7. The van der Waals surface area contributed by atoms with E-state index in [0.29, 0.717) is 0 Å². The van der Waals surface area contributed by atoms with Crippen molar-refractivity contribution in [2.75, 3.05) is 24.5 Å². The summed E-state index contributed by atoms with van der Waals surface area (Å²) >= 11 is 0. The Balaban J connectivity index is 2.01. The van der Waals surface area contributed by atoms with Gasteiger partial charge in [-0.25, -0.2) is 0 Å². The molecule has 0 aromatic heterocycles. The summed E-state index contributed by atoms with van der Waals surface area (Å²) in [6.07, 6.45) is 4.07. The lowest BCUT2D eigenvalue weighted by Crippen LogP contribution is -2.21. The molecular formula is C17H28N2. The summed E-state index contributed by atoms with van der Waals surface area (Å²) in [7, 11) is 0. The molecule has 0 aliphatic carbocycles. The topological polar surface area (TPSA) is 15.3 Å². The minimum absolute atomic E-state index is 0.908. The first-order valence-electron chi connectivity index (χ1n) is 7.79. The standard InChI is InChI=1S/C17H28N2/c1-4-6-15-9-10-19(13-15)17-8-7-16(11-14(17)3)12-18-5-2/h7-8,11,15,18H,4-6,9-10,12-13H2,1-3H3. The lowest BCUT2D eigenvalue weighted by atomic mass is 10.0. The first-order chi connectivity index (χ1) is 9.24. The Bertz CT molecular complexity index is 400. The molecule has 0 amide bonds. The van der Waals surface area contributed by atoms with Crippen LogP contribution in [0.3, 0.4) is 0 Å². The molecule has 2 rings (SSSR count). The molecule has 1 fully saturated rings. The zero-order valence-electron chi connectivity index (χ0n) is 12.7. The Labute approximate surface area is 118 Å². The molecule has 0 radical (unpaired) electrons. The fourth-order valence-electron chi connectivity index (χ4n) is 3.15. The second-order valence-electron chi connectivity index (χ2n) is 5.79. The second kappa shape index (κ2) is 6.95. The molecule has 1 aromatic carbocycles. The first kappa shape index (κ1) is 14.4. The quantitative estimate of drug-likeness (QED) is 0.838. The molecule has 1 heterocycles. The van der Waals surface area contributed by atoms with Crippen molar-refractivity contribution in [1.82, 2.24) is 5.32 Å². The van der Waals surface area contributed by atoms with Gasteiger partial charge in [0.25, 0.3) is 0 Å². The van der Waals surface area contributed by atoms with Gasteiger partial charge >= 0.3 is 0 Å². The highest BCUT2D eigenvalue weighted by Gasteiger charge is 2.22. The molecule has 0 saturated carbocycles. The van der Waals surface area contributed by atoms with Crippen LogP contribution in [0.5, 0.6) is 0 Å². The summed E-state index contributed by atoms with van der Waals surface area (Å²) in [5.41, 5.74) is 4.26. The van der Waals surface area contributed by atoms with E-state index in [1.54, 1.807) is 0 Å². The molecule has 1 unspecified atom stereocenters. The van der Waals surface area contributed by atoms with Crippen molar-refractivity contribution < 1.29 is 0 Å². The average Bonchev–Trinajstić information content (AvgIpc) is 2.85. The Hall–Kier alpha value is -1.02. The van der Waals surface area contributed by atoms with Crippen LogP contribution < -0.4 is 10.2 Å². The van der Waals surface area contributed by atoms with Crippen LogP contribution in [0.1, 0.15) is 44.2 Å². The van der Waals surface area contributed by atoms with Crippen molar-refractivity contribution in [3.05, 3.63) is 29.3 Å². The van der Waals surface area contributed by atoms with Crippen LogP contribution in [0.15, 0.2) is 18.2 Å². The maximum atomic E-state index is 3.39. The van der Waals surface area contributed by atoms with Crippen molar-refractivity contribution in [2.45, 2.75) is 46.6 Å². The Morgan fingerprint density at radius 3 is 2.84 bits per heavy atom. The molecule has 0 bridgehead atoms. The summed E-state index contributed by atoms with van der Waals surface area (Å²) < 4.78 is 0.